The van der Waals surface area contributed by atoms with Crippen molar-refractivity contribution in [3.8, 4) is 0 Å². The maximum atomic E-state index is 10.8. The molecule has 0 amide bonds. The van der Waals surface area contributed by atoms with Crippen molar-refractivity contribution in [2.45, 2.75) is 96.7 Å². The molecule has 1 unspecified atom stereocenters. The fourth-order valence-electron chi connectivity index (χ4n) is 4.87. The van der Waals surface area contributed by atoms with E-state index >= 15 is 0 Å². The molecule has 2 N–H and O–H groups in total. The Balaban J connectivity index is 1.69. The second-order valence-corrected chi connectivity index (χ2v) is 10.1. The summed E-state index contributed by atoms with van der Waals surface area (Å²) in [6.07, 6.45) is 11.4. The standard InChI is InChI=1S/C21H40O2S/c1-4-16-14-18(16)15-21(3,23)12-11-17-9-10-20(22)19(17)8-6-7-13-24-5-2/h16-20,22-23H,4-15H2,1-3H3/t16-,17+,18-,19+,20-,21?/m0/s1. The van der Waals surface area contributed by atoms with Crippen LogP contribution in [0.2, 0.25) is 0 Å². The molecule has 2 aliphatic carbocycles. The Labute approximate surface area is 154 Å². The maximum absolute atomic E-state index is 10.8. The van der Waals surface area contributed by atoms with Crippen molar-refractivity contribution < 1.29 is 10.2 Å². The van der Waals surface area contributed by atoms with Crippen molar-refractivity contribution in [1.82, 2.24) is 0 Å². The average molecular weight is 357 g/mol. The van der Waals surface area contributed by atoms with Crippen molar-refractivity contribution in [1.29, 1.82) is 0 Å². The zero-order chi connectivity index (χ0) is 17.6. The highest BCUT2D eigenvalue weighted by atomic mass is 32.2. The van der Waals surface area contributed by atoms with E-state index in [0.717, 1.165) is 43.9 Å². The largest absolute Gasteiger partial charge is 0.393 e. The molecular formula is C21H40O2S. The minimum atomic E-state index is -0.496. The molecule has 0 spiro atoms. The molecule has 0 radical (unpaired) electrons. The summed E-state index contributed by atoms with van der Waals surface area (Å²) in [6, 6.07) is 0. The molecule has 0 bridgehead atoms. The van der Waals surface area contributed by atoms with E-state index in [1.54, 1.807) is 0 Å². The summed E-state index contributed by atoms with van der Waals surface area (Å²) < 4.78 is 0. The van der Waals surface area contributed by atoms with Gasteiger partial charge in [0.1, 0.15) is 0 Å². The molecule has 0 aromatic rings. The number of aliphatic hydroxyl groups excluding tert-OH is 1. The Morgan fingerprint density at radius 2 is 1.83 bits per heavy atom. The summed E-state index contributed by atoms with van der Waals surface area (Å²) in [6.45, 7) is 6.53. The van der Waals surface area contributed by atoms with Crippen LogP contribution in [0.15, 0.2) is 0 Å². The second kappa shape index (κ2) is 9.83. The van der Waals surface area contributed by atoms with E-state index in [1.807, 2.05) is 18.7 Å². The maximum Gasteiger partial charge on any atom is 0.0622 e. The van der Waals surface area contributed by atoms with Crippen molar-refractivity contribution >= 4 is 11.8 Å². The quantitative estimate of drug-likeness (QED) is 0.468. The van der Waals surface area contributed by atoms with E-state index in [4.69, 9.17) is 0 Å². The van der Waals surface area contributed by atoms with Crippen molar-refractivity contribution in [3.63, 3.8) is 0 Å². The lowest BCUT2D eigenvalue weighted by molar-refractivity contribution is 0.0234. The Morgan fingerprint density at radius 1 is 1.04 bits per heavy atom. The average Bonchev–Trinajstić information content (AvgIpc) is 3.19. The van der Waals surface area contributed by atoms with Crippen molar-refractivity contribution in [2.75, 3.05) is 11.5 Å². The highest BCUT2D eigenvalue weighted by Gasteiger charge is 2.41. The number of thioether (sulfide) groups is 1. The van der Waals surface area contributed by atoms with Crippen LogP contribution in [0.25, 0.3) is 0 Å². The minimum absolute atomic E-state index is 0.0910. The number of aliphatic hydroxyl groups is 2. The lowest BCUT2D eigenvalue weighted by Crippen LogP contribution is -2.27. The molecule has 6 atom stereocenters. The monoisotopic (exact) mass is 356 g/mol. The number of hydrogen-bond donors (Lipinski definition) is 2. The second-order valence-electron chi connectivity index (χ2n) is 8.67. The van der Waals surface area contributed by atoms with Crippen LogP contribution < -0.4 is 0 Å². The summed E-state index contributed by atoms with van der Waals surface area (Å²) >= 11 is 2.02. The third kappa shape index (κ3) is 6.53. The smallest absolute Gasteiger partial charge is 0.0622 e. The van der Waals surface area contributed by atoms with Crippen LogP contribution in [0.1, 0.15) is 85.0 Å². The summed E-state index contributed by atoms with van der Waals surface area (Å²) in [5.74, 6) is 5.23. The molecule has 24 heavy (non-hydrogen) atoms. The van der Waals surface area contributed by atoms with Crippen LogP contribution in [0.4, 0.5) is 0 Å². The zero-order valence-electron chi connectivity index (χ0n) is 16.2. The third-order valence-electron chi connectivity index (χ3n) is 6.56. The van der Waals surface area contributed by atoms with Crippen molar-refractivity contribution in [2.24, 2.45) is 23.7 Å². The van der Waals surface area contributed by atoms with Gasteiger partial charge in [0.05, 0.1) is 11.7 Å². The Hall–Kier alpha value is 0.270. The van der Waals surface area contributed by atoms with E-state index in [1.165, 1.54) is 43.6 Å². The van der Waals surface area contributed by atoms with E-state index in [2.05, 4.69) is 13.8 Å². The molecule has 2 saturated carbocycles. The molecule has 2 fully saturated rings. The Morgan fingerprint density at radius 3 is 2.50 bits per heavy atom. The van der Waals surface area contributed by atoms with E-state index in [0.29, 0.717) is 11.8 Å². The third-order valence-corrected chi connectivity index (χ3v) is 7.55. The lowest BCUT2D eigenvalue weighted by atomic mass is 9.82. The predicted molar refractivity (Wildman–Crippen MR) is 105 cm³/mol. The highest BCUT2D eigenvalue weighted by molar-refractivity contribution is 7.99. The first-order chi connectivity index (χ1) is 11.5. The molecule has 0 aromatic carbocycles. The minimum Gasteiger partial charge on any atom is -0.393 e. The summed E-state index contributed by atoms with van der Waals surface area (Å²) in [4.78, 5) is 0. The van der Waals surface area contributed by atoms with Crippen LogP contribution in [0, 0.1) is 23.7 Å². The van der Waals surface area contributed by atoms with Gasteiger partial charge in [-0.3, -0.25) is 0 Å². The van der Waals surface area contributed by atoms with E-state index in [9.17, 15) is 10.2 Å². The normalized spacial score (nSPS) is 35.1. The van der Waals surface area contributed by atoms with Gasteiger partial charge < -0.3 is 10.2 Å². The molecule has 0 saturated heterocycles. The van der Waals surface area contributed by atoms with Crippen LogP contribution in [0.3, 0.4) is 0 Å². The van der Waals surface area contributed by atoms with Gasteiger partial charge in [-0.1, -0.05) is 26.7 Å². The van der Waals surface area contributed by atoms with Gasteiger partial charge in [0.25, 0.3) is 0 Å². The van der Waals surface area contributed by atoms with Gasteiger partial charge in [-0.25, -0.2) is 0 Å². The summed E-state index contributed by atoms with van der Waals surface area (Å²) in [5, 5.41) is 21.1. The van der Waals surface area contributed by atoms with Gasteiger partial charge in [-0.15, -0.1) is 0 Å². The molecule has 0 aliphatic heterocycles. The molecule has 0 heterocycles. The van der Waals surface area contributed by atoms with Crippen molar-refractivity contribution in [3.05, 3.63) is 0 Å². The Bertz CT molecular complexity index is 358. The van der Waals surface area contributed by atoms with Gasteiger partial charge in [0, 0.05) is 0 Å². The predicted octanol–water partition coefficient (Wildman–Crippen LogP) is 5.26. The fourth-order valence-corrected chi connectivity index (χ4v) is 5.56. The summed E-state index contributed by atoms with van der Waals surface area (Å²) in [7, 11) is 0. The molecule has 2 rings (SSSR count). The molecule has 3 heteroatoms. The highest BCUT2D eigenvalue weighted by Crippen LogP contribution is 2.47. The van der Waals surface area contributed by atoms with Gasteiger partial charge >= 0.3 is 0 Å². The van der Waals surface area contributed by atoms with Crippen LogP contribution in [0.5, 0.6) is 0 Å². The van der Waals surface area contributed by atoms with Gasteiger partial charge in [0.15, 0.2) is 0 Å². The van der Waals surface area contributed by atoms with Crippen LogP contribution >= 0.6 is 11.8 Å². The van der Waals surface area contributed by atoms with E-state index in [-0.39, 0.29) is 6.10 Å². The molecule has 0 aromatic heterocycles. The molecule has 2 aliphatic rings. The molecule has 142 valence electrons. The lowest BCUT2D eigenvalue weighted by Gasteiger charge is -2.28. The number of unbranched alkanes of at least 4 members (excludes halogenated alkanes) is 1. The summed E-state index contributed by atoms with van der Waals surface area (Å²) in [5.41, 5.74) is -0.496. The first-order valence-corrected chi connectivity index (χ1v) is 11.6. The van der Waals surface area contributed by atoms with Gasteiger partial charge in [-0.2, -0.15) is 11.8 Å². The topological polar surface area (TPSA) is 40.5 Å². The SMILES string of the molecule is CCSCCCC[C@@H]1[C@@H](CCC(C)(O)C[C@@H]2C[C@@H]2CC)CC[C@@H]1O. The zero-order valence-corrected chi connectivity index (χ0v) is 17.0. The first kappa shape index (κ1) is 20.6. The number of rotatable bonds is 12. The number of hydrogen-bond acceptors (Lipinski definition) is 3. The van der Waals surface area contributed by atoms with Gasteiger partial charge in [-0.05, 0) is 93.5 Å². The fraction of sp³-hybridized carbons (Fsp3) is 1.00. The van der Waals surface area contributed by atoms with Crippen LogP contribution in [-0.2, 0) is 0 Å². The van der Waals surface area contributed by atoms with Gasteiger partial charge in [0.2, 0.25) is 0 Å². The molecular weight excluding hydrogens is 316 g/mol. The van der Waals surface area contributed by atoms with Crippen LogP contribution in [-0.4, -0.2) is 33.4 Å². The molecule has 2 nitrogen and oxygen atoms in total. The first-order valence-electron chi connectivity index (χ1n) is 10.4. The van der Waals surface area contributed by atoms with E-state index < -0.39 is 5.60 Å². The Kier molecular flexibility index (Phi) is 8.43.